The van der Waals surface area contributed by atoms with Crippen LogP contribution in [-0.4, -0.2) is 62.4 Å². The first kappa shape index (κ1) is 24.1. The molecule has 0 aromatic heterocycles. The molecular formula is C19H34NO6+. The van der Waals surface area contributed by atoms with Gasteiger partial charge in [0.15, 0.2) is 18.1 Å². The fourth-order valence-electron chi connectivity index (χ4n) is 3.55. The summed E-state index contributed by atoms with van der Waals surface area (Å²) in [6.07, 6.45) is 9.64. The fourth-order valence-corrected chi connectivity index (χ4v) is 3.55. The Morgan fingerprint density at radius 3 is 1.54 bits per heavy atom. The minimum Gasteiger partial charge on any atom is -0.477 e. The zero-order chi connectivity index (χ0) is 20.3. The van der Waals surface area contributed by atoms with Crippen molar-refractivity contribution in [2.75, 3.05) is 6.54 Å². The summed E-state index contributed by atoms with van der Waals surface area (Å²) >= 11 is 0. The molecule has 150 valence electrons. The molecule has 0 aliphatic carbocycles. The van der Waals surface area contributed by atoms with Crippen LogP contribution in [0.3, 0.4) is 0 Å². The average molecular weight is 372 g/mol. The number of carboxylic acid groups (broad SMARTS) is 3. The van der Waals surface area contributed by atoms with Gasteiger partial charge in [-0.2, -0.15) is 0 Å². The van der Waals surface area contributed by atoms with Gasteiger partial charge in [0.05, 0.1) is 6.54 Å². The van der Waals surface area contributed by atoms with Gasteiger partial charge in [-0.15, -0.1) is 0 Å². The number of allylic oxidation sites excluding steroid dienone is 2. The predicted molar refractivity (Wildman–Crippen MR) is 98.9 cm³/mol. The number of carboxylic acids is 3. The quantitative estimate of drug-likeness (QED) is 0.245. The summed E-state index contributed by atoms with van der Waals surface area (Å²) in [6.45, 7) is 6.40. The molecular weight excluding hydrogens is 338 g/mol. The van der Waals surface area contributed by atoms with Gasteiger partial charge in [0.25, 0.3) is 0 Å². The molecule has 0 aromatic rings. The van der Waals surface area contributed by atoms with Crippen LogP contribution in [0.25, 0.3) is 0 Å². The van der Waals surface area contributed by atoms with Crippen molar-refractivity contribution in [1.29, 1.82) is 0 Å². The molecule has 0 heterocycles. The van der Waals surface area contributed by atoms with Crippen LogP contribution in [-0.2, 0) is 14.4 Å². The van der Waals surface area contributed by atoms with Crippen molar-refractivity contribution in [2.45, 2.75) is 84.3 Å². The van der Waals surface area contributed by atoms with Crippen LogP contribution in [0.4, 0.5) is 0 Å². The maximum absolute atomic E-state index is 11.6. The minimum absolute atomic E-state index is 0.212. The highest BCUT2D eigenvalue weighted by Crippen LogP contribution is 2.27. The highest BCUT2D eigenvalue weighted by Gasteiger charge is 2.52. The van der Waals surface area contributed by atoms with Gasteiger partial charge in [-0.1, -0.05) is 25.0 Å². The smallest absolute Gasteiger partial charge is 0.362 e. The normalized spacial score (nSPS) is 17.4. The van der Waals surface area contributed by atoms with Crippen LogP contribution in [0.1, 0.15) is 66.2 Å². The monoisotopic (exact) mass is 372 g/mol. The van der Waals surface area contributed by atoms with E-state index < -0.39 is 40.5 Å². The Morgan fingerprint density at radius 1 is 0.769 bits per heavy atom. The van der Waals surface area contributed by atoms with Crippen LogP contribution in [0, 0.1) is 0 Å². The van der Waals surface area contributed by atoms with E-state index in [-0.39, 0.29) is 6.54 Å². The maximum Gasteiger partial charge on any atom is 0.362 e. The third-order valence-corrected chi connectivity index (χ3v) is 5.39. The fraction of sp³-hybridized carbons (Fsp3) is 0.737. The van der Waals surface area contributed by atoms with E-state index in [2.05, 4.69) is 6.08 Å². The van der Waals surface area contributed by atoms with E-state index in [1.807, 2.05) is 13.0 Å². The topological polar surface area (TPSA) is 112 Å². The van der Waals surface area contributed by atoms with Crippen molar-refractivity contribution in [3.8, 4) is 0 Å². The molecule has 0 aliphatic heterocycles. The highest BCUT2D eigenvalue weighted by atomic mass is 16.4. The molecule has 0 saturated carbocycles. The van der Waals surface area contributed by atoms with Crippen molar-refractivity contribution in [3.05, 3.63) is 12.2 Å². The van der Waals surface area contributed by atoms with Gasteiger partial charge in [0.1, 0.15) is 0 Å². The van der Waals surface area contributed by atoms with Gasteiger partial charge in [-0.3, -0.25) is 4.48 Å². The van der Waals surface area contributed by atoms with Gasteiger partial charge >= 0.3 is 17.9 Å². The molecule has 26 heavy (non-hydrogen) atoms. The number of nitrogens with zero attached hydrogens (tertiary/aromatic N) is 1. The van der Waals surface area contributed by atoms with Crippen LogP contribution in [0.2, 0.25) is 0 Å². The van der Waals surface area contributed by atoms with E-state index in [9.17, 15) is 29.7 Å². The number of rotatable bonds is 14. The standard InChI is InChI=1S/C19H33NO6/c1-5-6-7-8-9-10-11-12-13-20(14(2)17(21)22,15(3)18(23)24)16(4)19(25)26/h5-6,14-16H,7-13H2,1-4H3,(H2-,21,22,23,24,25,26)/p+1/b6-5+. The summed E-state index contributed by atoms with van der Waals surface area (Å²) in [5, 5.41) is 28.5. The van der Waals surface area contributed by atoms with Gasteiger partial charge in [0.2, 0.25) is 0 Å². The Kier molecular flexibility index (Phi) is 10.8. The third kappa shape index (κ3) is 6.44. The lowest BCUT2D eigenvalue weighted by Gasteiger charge is -2.47. The second-order valence-electron chi connectivity index (χ2n) is 6.89. The van der Waals surface area contributed by atoms with Gasteiger partial charge < -0.3 is 15.3 Å². The van der Waals surface area contributed by atoms with Gasteiger partial charge in [-0.05, 0) is 53.4 Å². The second kappa shape index (κ2) is 11.7. The third-order valence-electron chi connectivity index (χ3n) is 5.39. The zero-order valence-electron chi connectivity index (χ0n) is 16.4. The van der Waals surface area contributed by atoms with E-state index in [1.54, 1.807) is 0 Å². The second-order valence-corrected chi connectivity index (χ2v) is 6.89. The molecule has 0 fully saturated rings. The highest BCUT2D eigenvalue weighted by molar-refractivity contribution is 5.77. The number of hydrogen-bond acceptors (Lipinski definition) is 3. The minimum atomic E-state index is -1.18. The Labute approximate surface area is 155 Å². The molecule has 0 amide bonds. The summed E-state index contributed by atoms with van der Waals surface area (Å²) in [5.74, 6) is -3.55. The van der Waals surface area contributed by atoms with Crippen molar-refractivity contribution in [2.24, 2.45) is 0 Å². The summed E-state index contributed by atoms with van der Waals surface area (Å²) in [7, 11) is 0. The lowest BCUT2D eigenvalue weighted by molar-refractivity contribution is -0.968. The van der Waals surface area contributed by atoms with Crippen LogP contribution in [0.5, 0.6) is 0 Å². The SMILES string of the molecule is C/C=C/CCCCCCC[N+](C(C)C(=O)O)(C(C)C(=O)O)C(C)C(=O)O. The number of hydrogen-bond donors (Lipinski definition) is 3. The summed E-state index contributed by atoms with van der Waals surface area (Å²) in [4.78, 5) is 34.9. The van der Waals surface area contributed by atoms with E-state index in [1.165, 1.54) is 20.8 Å². The Bertz CT molecular complexity index is 452. The first-order chi connectivity index (χ1) is 12.1. The van der Waals surface area contributed by atoms with Crippen LogP contribution >= 0.6 is 0 Å². The molecule has 7 nitrogen and oxygen atoms in total. The van der Waals surface area contributed by atoms with E-state index in [0.717, 1.165) is 32.1 Å². The number of unbranched alkanes of at least 4 members (excludes halogenated alkanes) is 5. The zero-order valence-corrected chi connectivity index (χ0v) is 16.4. The average Bonchev–Trinajstić information content (AvgIpc) is 2.58. The van der Waals surface area contributed by atoms with E-state index >= 15 is 0 Å². The lowest BCUT2D eigenvalue weighted by Crippen LogP contribution is -2.70. The van der Waals surface area contributed by atoms with Crippen molar-refractivity contribution < 1.29 is 34.2 Å². The summed E-state index contributed by atoms with van der Waals surface area (Å²) < 4.78 is -0.488. The lowest BCUT2D eigenvalue weighted by atomic mass is 10.00. The number of carbonyl (C=O) groups is 3. The van der Waals surface area contributed by atoms with Crippen LogP contribution in [0.15, 0.2) is 12.2 Å². The Balaban J connectivity index is 5.21. The Morgan fingerprint density at radius 2 is 1.15 bits per heavy atom. The first-order valence-electron chi connectivity index (χ1n) is 9.29. The molecule has 0 aromatic carbocycles. The van der Waals surface area contributed by atoms with Crippen molar-refractivity contribution in [1.82, 2.24) is 0 Å². The number of quaternary nitrogens is 1. The largest absolute Gasteiger partial charge is 0.477 e. The molecule has 3 N–H and O–H groups in total. The van der Waals surface area contributed by atoms with E-state index in [4.69, 9.17) is 0 Å². The molecule has 3 unspecified atom stereocenters. The molecule has 3 atom stereocenters. The maximum atomic E-state index is 11.6. The molecule has 0 radical (unpaired) electrons. The molecule has 7 heteroatoms. The summed E-state index contributed by atoms with van der Waals surface area (Å²) in [6, 6.07) is -3.37. The molecule has 0 aliphatic rings. The predicted octanol–water partition coefficient (Wildman–Crippen LogP) is 3.14. The molecule has 0 spiro atoms. The first-order valence-corrected chi connectivity index (χ1v) is 9.29. The van der Waals surface area contributed by atoms with E-state index in [0.29, 0.717) is 6.42 Å². The number of aliphatic carboxylic acids is 3. The van der Waals surface area contributed by atoms with Gasteiger partial charge in [0, 0.05) is 0 Å². The molecule has 0 bridgehead atoms. The van der Waals surface area contributed by atoms with Crippen LogP contribution < -0.4 is 0 Å². The molecule has 0 rings (SSSR count). The van der Waals surface area contributed by atoms with Crippen molar-refractivity contribution >= 4 is 17.9 Å². The van der Waals surface area contributed by atoms with Gasteiger partial charge in [-0.25, -0.2) is 14.4 Å². The summed E-state index contributed by atoms with van der Waals surface area (Å²) in [5.41, 5.74) is 0. The Hall–Kier alpha value is -1.89. The van der Waals surface area contributed by atoms with Crippen molar-refractivity contribution in [3.63, 3.8) is 0 Å². The molecule has 0 saturated heterocycles.